The molecule has 0 saturated carbocycles. The van der Waals surface area contributed by atoms with Gasteiger partial charge in [0.05, 0.1) is 6.04 Å². The summed E-state index contributed by atoms with van der Waals surface area (Å²) in [5.41, 5.74) is 6.09. The molecule has 0 aromatic carbocycles. The second-order valence-corrected chi connectivity index (χ2v) is 5.89. The second kappa shape index (κ2) is 5.95. The molecule has 1 rings (SSSR count). The lowest BCUT2D eigenvalue weighted by Crippen LogP contribution is -2.35. The average Bonchev–Trinajstić information content (AvgIpc) is 2.65. The molecule has 2 unspecified atom stereocenters. The molecule has 0 aliphatic rings. The van der Waals surface area contributed by atoms with Crippen molar-refractivity contribution < 1.29 is 4.79 Å². The van der Waals surface area contributed by atoms with Gasteiger partial charge in [-0.15, -0.1) is 0 Å². The normalized spacial score (nSPS) is 15.2. The molecule has 2 atom stereocenters. The van der Waals surface area contributed by atoms with Crippen LogP contribution in [-0.2, 0) is 4.79 Å². The lowest BCUT2D eigenvalue weighted by atomic mass is 9.87. The summed E-state index contributed by atoms with van der Waals surface area (Å²) in [6, 6.07) is -0.297. The van der Waals surface area contributed by atoms with Crippen molar-refractivity contribution in [2.75, 3.05) is 0 Å². The fraction of sp³-hybridized carbons (Fsp3) is 0.750. The third-order valence-corrected chi connectivity index (χ3v) is 2.54. The van der Waals surface area contributed by atoms with Crippen LogP contribution in [0.2, 0.25) is 0 Å². The van der Waals surface area contributed by atoms with Crippen LogP contribution in [0.25, 0.3) is 0 Å². The minimum atomic E-state index is -0.179. The van der Waals surface area contributed by atoms with E-state index in [0.717, 1.165) is 6.42 Å². The maximum absolute atomic E-state index is 11.8. The fourth-order valence-electron chi connectivity index (χ4n) is 1.89. The van der Waals surface area contributed by atoms with Gasteiger partial charge in [0.1, 0.15) is 12.2 Å². The van der Waals surface area contributed by atoms with E-state index < -0.39 is 0 Å². The Labute approximate surface area is 108 Å². The van der Waals surface area contributed by atoms with E-state index in [4.69, 9.17) is 5.73 Å². The number of nitrogens with zero attached hydrogens (tertiary/aromatic N) is 2. The Morgan fingerprint density at radius 1 is 1.56 bits per heavy atom. The molecule has 0 radical (unpaired) electrons. The highest BCUT2D eigenvalue weighted by Gasteiger charge is 2.19. The van der Waals surface area contributed by atoms with Crippen molar-refractivity contribution in [1.29, 1.82) is 0 Å². The van der Waals surface area contributed by atoms with Gasteiger partial charge >= 0.3 is 0 Å². The summed E-state index contributed by atoms with van der Waals surface area (Å²) in [7, 11) is 0. The largest absolute Gasteiger partial charge is 0.346 e. The lowest BCUT2D eigenvalue weighted by molar-refractivity contribution is -0.122. The summed E-state index contributed by atoms with van der Waals surface area (Å²) in [4.78, 5) is 15.8. The third kappa shape index (κ3) is 5.27. The van der Waals surface area contributed by atoms with Crippen molar-refractivity contribution in [3.8, 4) is 0 Å². The SMILES string of the molecule is CC(NC(=O)CC(N)CC(C)(C)C)c1ncn[nH]1. The molecule has 0 aliphatic carbocycles. The van der Waals surface area contributed by atoms with E-state index in [9.17, 15) is 4.79 Å². The van der Waals surface area contributed by atoms with E-state index in [-0.39, 0.29) is 23.4 Å². The highest BCUT2D eigenvalue weighted by Crippen LogP contribution is 2.21. The van der Waals surface area contributed by atoms with Crippen LogP contribution < -0.4 is 11.1 Å². The molecule has 1 heterocycles. The lowest BCUT2D eigenvalue weighted by Gasteiger charge is -2.23. The molecule has 0 bridgehead atoms. The van der Waals surface area contributed by atoms with E-state index in [0.29, 0.717) is 12.2 Å². The molecule has 1 aromatic heterocycles. The standard InChI is InChI=1S/C12H23N5O/c1-8(11-14-7-15-17-11)16-10(18)5-9(13)6-12(2,3)4/h7-9H,5-6,13H2,1-4H3,(H,16,18)(H,14,15,17). The minimum Gasteiger partial charge on any atom is -0.346 e. The van der Waals surface area contributed by atoms with Crippen LogP contribution in [0, 0.1) is 5.41 Å². The van der Waals surface area contributed by atoms with Crippen LogP contribution in [0.3, 0.4) is 0 Å². The summed E-state index contributed by atoms with van der Waals surface area (Å²) < 4.78 is 0. The molecule has 0 saturated heterocycles. The van der Waals surface area contributed by atoms with Crippen molar-refractivity contribution >= 4 is 5.91 Å². The van der Waals surface area contributed by atoms with Crippen LogP contribution in [0.4, 0.5) is 0 Å². The zero-order valence-corrected chi connectivity index (χ0v) is 11.5. The van der Waals surface area contributed by atoms with Gasteiger partial charge in [-0.3, -0.25) is 9.89 Å². The van der Waals surface area contributed by atoms with Gasteiger partial charge in [-0.1, -0.05) is 20.8 Å². The van der Waals surface area contributed by atoms with Gasteiger partial charge in [0.2, 0.25) is 5.91 Å². The topological polar surface area (TPSA) is 96.7 Å². The number of H-pyrrole nitrogens is 1. The number of aromatic amines is 1. The maximum Gasteiger partial charge on any atom is 0.222 e. The van der Waals surface area contributed by atoms with E-state index in [1.54, 1.807) is 0 Å². The fourth-order valence-corrected chi connectivity index (χ4v) is 1.89. The van der Waals surface area contributed by atoms with Gasteiger partial charge in [0.15, 0.2) is 0 Å². The Bertz CT molecular complexity index is 368. The number of nitrogens with two attached hydrogens (primary N) is 1. The molecule has 0 aliphatic heterocycles. The zero-order chi connectivity index (χ0) is 13.8. The van der Waals surface area contributed by atoms with Gasteiger partial charge in [-0.25, -0.2) is 4.98 Å². The van der Waals surface area contributed by atoms with Crippen LogP contribution in [0.5, 0.6) is 0 Å². The minimum absolute atomic E-state index is 0.0596. The Kier molecular flexibility index (Phi) is 4.84. The van der Waals surface area contributed by atoms with E-state index in [1.807, 2.05) is 6.92 Å². The Balaban J connectivity index is 2.38. The molecule has 0 spiro atoms. The van der Waals surface area contributed by atoms with Crippen molar-refractivity contribution in [2.24, 2.45) is 11.1 Å². The molecule has 18 heavy (non-hydrogen) atoms. The van der Waals surface area contributed by atoms with Crippen molar-refractivity contribution in [2.45, 2.75) is 52.6 Å². The summed E-state index contributed by atoms with van der Waals surface area (Å²) in [5.74, 6) is 0.586. The second-order valence-electron chi connectivity index (χ2n) is 5.89. The summed E-state index contributed by atoms with van der Waals surface area (Å²) >= 11 is 0. The molecule has 6 heteroatoms. The first-order valence-corrected chi connectivity index (χ1v) is 6.18. The molecule has 1 aromatic rings. The number of aromatic nitrogens is 3. The van der Waals surface area contributed by atoms with E-state index in [1.165, 1.54) is 6.33 Å². The van der Waals surface area contributed by atoms with Crippen molar-refractivity contribution in [3.63, 3.8) is 0 Å². The predicted octanol–water partition coefficient (Wildman–Crippen LogP) is 1.14. The highest BCUT2D eigenvalue weighted by molar-refractivity contribution is 5.76. The monoisotopic (exact) mass is 253 g/mol. The number of nitrogens with one attached hydrogen (secondary N) is 2. The zero-order valence-electron chi connectivity index (χ0n) is 11.5. The molecular weight excluding hydrogens is 230 g/mol. The van der Waals surface area contributed by atoms with E-state index in [2.05, 4.69) is 41.3 Å². The molecule has 4 N–H and O–H groups in total. The number of hydrogen-bond donors (Lipinski definition) is 3. The molecule has 6 nitrogen and oxygen atoms in total. The summed E-state index contributed by atoms with van der Waals surface area (Å²) in [6.45, 7) is 8.19. The average molecular weight is 253 g/mol. The molecular formula is C12H23N5O. The van der Waals surface area contributed by atoms with Crippen LogP contribution >= 0.6 is 0 Å². The molecule has 0 fully saturated rings. The predicted molar refractivity (Wildman–Crippen MR) is 69.6 cm³/mol. The Morgan fingerprint density at radius 2 is 2.22 bits per heavy atom. The first kappa shape index (κ1) is 14.6. The number of rotatable bonds is 5. The van der Waals surface area contributed by atoms with Gasteiger partial charge in [-0.2, -0.15) is 5.10 Å². The first-order chi connectivity index (χ1) is 8.28. The summed E-state index contributed by atoms with van der Waals surface area (Å²) in [6.07, 6.45) is 2.57. The van der Waals surface area contributed by atoms with Gasteiger partial charge in [0, 0.05) is 12.5 Å². The highest BCUT2D eigenvalue weighted by atomic mass is 16.1. The maximum atomic E-state index is 11.8. The van der Waals surface area contributed by atoms with Crippen molar-refractivity contribution in [3.05, 3.63) is 12.2 Å². The smallest absolute Gasteiger partial charge is 0.222 e. The number of carbonyl (C=O) groups excluding carboxylic acids is 1. The van der Waals surface area contributed by atoms with Crippen LogP contribution in [0.1, 0.15) is 52.4 Å². The van der Waals surface area contributed by atoms with Crippen LogP contribution in [-0.4, -0.2) is 27.1 Å². The van der Waals surface area contributed by atoms with Crippen molar-refractivity contribution in [1.82, 2.24) is 20.5 Å². The number of amides is 1. The van der Waals surface area contributed by atoms with E-state index >= 15 is 0 Å². The number of hydrogen-bond acceptors (Lipinski definition) is 4. The summed E-state index contributed by atoms with van der Waals surface area (Å²) in [5, 5.41) is 9.32. The Morgan fingerprint density at radius 3 is 2.72 bits per heavy atom. The molecule has 102 valence electrons. The number of carbonyl (C=O) groups is 1. The quantitative estimate of drug-likeness (QED) is 0.733. The third-order valence-electron chi connectivity index (χ3n) is 2.54. The van der Waals surface area contributed by atoms with Gasteiger partial charge in [-0.05, 0) is 18.8 Å². The van der Waals surface area contributed by atoms with Crippen LogP contribution in [0.15, 0.2) is 6.33 Å². The Hall–Kier alpha value is -1.43. The van der Waals surface area contributed by atoms with Gasteiger partial charge in [0.25, 0.3) is 0 Å². The van der Waals surface area contributed by atoms with Gasteiger partial charge < -0.3 is 11.1 Å². The first-order valence-electron chi connectivity index (χ1n) is 6.18. The molecule has 1 amide bonds.